The molecule has 20 heavy (non-hydrogen) atoms. The van der Waals surface area contributed by atoms with E-state index in [1.54, 1.807) is 11.1 Å². The van der Waals surface area contributed by atoms with Crippen LogP contribution in [0.15, 0.2) is 24.3 Å². The molecule has 3 aliphatic carbocycles. The Morgan fingerprint density at radius 2 is 2.05 bits per heavy atom. The molecule has 4 rings (SSSR count). The fourth-order valence-electron chi connectivity index (χ4n) is 5.35. The van der Waals surface area contributed by atoms with Crippen LogP contribution in [0.3, 0.4) is 0 Å². The van der Waals surface area contributed by atoms with Gasteiger partial charge in [-0.05, 0) is 67.4 Å². The molecule has 3 aliphatic rings. The van der Waals surface area contributed by atoms with E-state index in [2.05, 4.69) is 29.7 Å². The molecule has 2 saturated carbocycles. The van der Waals surface area contributed by atoms with Crippen molar-refractivity contribution >= 4 is 0 Å². The minimum absolute atomic E-state index is 0.475. The van der Waals surface area contributed by atoms with Crippen LogP contribution in [-0.4, -0.2) is 6.04 Å². The first-order chi connectivity index (χ1) is 9.85. The summed E-state index contributed by atoms with van der Waals surface area (Å²) in [7, 11) is 0. The number of nitrogens with one attached hydrogen (secondary N) is 1. The first-order valence-electron chi connectivity index (χ1n) is 8.39. The van der Waals surface area contributed by atoms with Crippen molar-refractivity contribution in [2.75, 3.05) is 0 Å². The highest BCUT2D eigenvalue weighted by Crippen LogP contribution is 2.51. The van der Waals surface area contributed by atoms with Gasteiger partial charge in [-0.2, -0.15) is 0 Å². The summed E-state index contributed by atoms with van der Waals surface area (Å²) in [5, 5.41) is 0. The molecule has 0 amide bonds. The number of fused-ring (bicyclic) bond motifs is 3. The largest absolute Gasteiger partial charge is 0.271 e. The molecule has 0 spiro atoms. The first kappa shape index (κ1) is 12.8. The number of benzene rings is 1. The Balaban J connectivity index is 1.49. The summed E-state index contributed by atoms with van der Waals surface area (Å²) in [6.07, 6.45) is 9.74. The molecule has 2 bridgehead atoms. The van der Waals surface area contributed by atoms with Gasteiger partial charge < -0.3 is 0 Å². The van der Waals surface area contributed by atoms with Crippen molar-refractivity contribution in [3.63, 3.8) is 0 Å². The van der Waals surface area contributed by atoms with E-state index in [0.29, 0.717) is 12.0 Å². The Labute approximate surface area is 122 Å². The van der Waals surface area contributed by atoms with Gasteiger partial charge >= 0.3 is 0 Å². The maximum atomic E-state index is 5.94. The third kappa shape index (κ3) is 2.10. The van der Waals surface area contributed by atoms with Crippen LogP contribution in [-0.2, 0) is 6.42 Å². The molecule has 2 heteroatoms. The molecular weight excluding hydrogens is 244 g/mol. The van der Waals surface area contributed by atoms with E-state index in [9.17, 15) is 0 Å². The molecule has 0 heterocycles. The van der Waals surface area contributed by atoms with Crippen LogP contribution in [0.2, 0.25) is 0 Å². The molecule has 1 aromatic rings. The number of hydrogen-bond acceptors (Lipinski definition) is 2. The SMILES string of the molecule is NNC(CC1CC2CCC1C2)C1CCc2ccccc21. The summed E-state index contributed by atoms with van der Waals surface area (Å²) in [6, 6.07) is 9.44. The number of aryl methyl sites for hydroxylation is 1. The maximum absolute atomic E-state index is 5.94. The third-order valence-corrected chi connectivity index (χ3v) is 6.32. The molecule has 3 N–H and O–H groups in total. The molecule has 0 saturated heterocycles. The van der Waals surface area contributed by atoms with Crippen LogP contribution < -0.4 is 11.3 Å². The first-order valence-corrected chi connectivity index (χ1v) is 8.39. The molecule has 1 aromatic carbocycles. The van der Waals surface area contributed by atoms with Crippen molar-refractivity contribution in [3.8, 4) is 0 Å². The second-order valence-corrected chi connectivity index (χ2v) is 7.29. The average molecular weight is 270 g/mol. The van der Waals surface area contributed by atoms with Gasteiger partial charge in [0.1, 0.15) is 0 Å². The Bertz CT molecular complexity index is 484. The lowest BCUT2D eigenvalue weighted by molar-refractivity contribution is 0.260. The summed E-state index contributed by atoms with van der Waals surface area (Å²) in [5.74, 6) is 9.55. The van der Waals surface area contributed by atoms with E-state index in [1.165, 1.54) is 44.9 Å². The second kappa shape index (κ2) is 5.16. The molecule has 2 fully saturated rings. The molecular formula is C18H26N2. The zero-order valence-corrected chi connectivity index (χ0v) is 12.2. The number of hydrazine groups is 1. The lowest BCUT2D eigenvalue weighted by Crippen LogP contribution is -2.41. The highest BCUT2D eigenvalue weighted by Gasteiger charge is 2.41. The summed E-state index contributed by atoms with van der Waals surface area (Å²) >= 11 is 0. The average Bonchev–Trinajstić information content (AvgIpc) is 3.19. The van der Waals surface area contributed by atoms with E-state index in [-0.39, 0.29) is 0 Å². The number of nitrogens with two attached hydrogens (primary N) is 1. The smallest absolute Gasteiger partial charge is 0.0282 e. The fourth-order valence-corrected chi connectivity index (χ4v) is 5.35. The van der Waals surface area contributed by atoms with Crippen molar-refractivity contribution in [1.29, 1.82) is 0 Å². The van der Waals surface area contributed by atoms with Gasteiger partial charge in [0.25, 0.3) is 0 Å². The molecule has 0 aliphatic heterocycles. The number of rotatable bonds is 4. The Hall–Kier alpha value is -0.860. The monoisotopic (exact) mass is 270 g/mol. The third-order valence-electron chi connectivity index (χ3n) is 6.32. The number of hydrogen-bond donors (Lipinski definition) is 2. The molecule has 5 atom stereocenters. The van der Waals surface area contributed by atoms with E-state index >= 15 is 0 Å². The van der Waals surface area contributed by atoms with Crippen LogP contribution in [0, 0.1) is 17.8 Å². The molecule has 2 nitrogen and oxygen atoms in total. The van der Waals surface area contributed by atoms with Crippen molar-refractivity contribution in [2.24, 2.45) is 23.6 Å². The highest BCUT2D eigenvalue weighted by atomic mass is 15.2. The van der Waals surface area contributed by atoms with Gasteiger partial charge in [-0.25, -0.2) is 0 Å². The minimum atomic E-state index is 0.475. The van der Waals surface area contributed by atoms with Gasteiger partial charge in [-0.1, -0.05) is 30.7 Å². The fraction of sp³-hybridized carbons (Fsp3) is 0.667. The second-order valence-electron chi connectivity index (χ2n) is 7.29. The Morgan fingerprint density at radius 3 is 2.80 bits per heavy atom. The van der Waals surface area contributed by atoms with Crippen LogP contribution in [0.4, 0.5) is 0 Å². The summed E-state index contributed by atoms with van der Waals surface area (Å²) in [5.41, 5.74) is 6.27. The molecule has 108 valence electrons. The van der Waals surface area contributed by atoms with Crippen LogP contribution >= 0.6 is 0 Å². The van der Waals surface area contributed by atoms with Gasteiger partial charge in [0.2, 0.25) is 0 Å². The zero-order valence-electron chi connectivity index (χ0n) is 12.2. The topological polar surface area (TPSA) is 38.0 Å². The lowest BCUT2D eigenvalue weighted by atomic mass is 9.80. The van der Waals surface area contributed by atoms with E-state index < -0.39 is 0 Å². The van der Waals surface area contributed by atoms with E-state index in [1.807, 2.05) is 0 Å². The minimum Gasteiger partial charge on any atom is -0.271 e. The Morgan fingerprint density at radius 1 is 1.15 bits per heavy atom. The van der Waals surface area contributed by atoms with Crippen LogP contribution in [0.1, 0.15) is 55.6 Å². The quantitative estimate of drug-likeness (QED) is 0.650. The predicted molar refractivity (Wildman–Crippen MR) is 82.2 cm³/mol. The zero-order chi connectivity index (χ0) is 13.5. The van der Waals surface area contributed by atoms with Gasteiger partial charge in [0.15, 0.2) is 0 Å². The van der Waals surface area contributed by atoms with Crippen molar-refractivity contribution < 1.29 is 0 Å². The molecule has 5 unspecified atom stereocenters. The lowest BCUT2D eigenvalue weighted by Gasteiger charge is -2.30. The normalized spacial score (nSPS) is 36.2. The van der Waals surface area contributed by atoms with Crippen LogP contribution in [0.5, 0.6) is 0 Å². The van der Waals surface area contributed by atoms with Crippen molar-refractivity contribution in [3.05, 3.63) is 35.4 Å². The van der Waals surface area contributed by atoms with E-state index in [4.69, 9.17) is 5.84 Å². The molecule has 0 radical (unpaired) electrons. The van der Waals surface area contributed by atoms with E-state index in [0.717, 1.165) is 17.8 Å². The van der Waals surface area contributed by atoms with Gasteiger partial charge in [0, 0.05) is 12.0 Å². The van der Waals surface area contributed by atoms with Crippen molar-refractivity contribution in [1.82, 2.24) is 5.43 Å². The highest BCUT2D eigenvalue weighted by molar-refractivity contribution is 5.36. The van der Waals surface area contributed by atoms with Crippen molar-refractivity contribution in [2.45, 2.75) is 56.9 Å². The Kier molecular flexibility index (Phi) is 3.31. The van der Waals surface area contributed by atoms with Crippen LogP contribution in [0.25, 0.3) is 0 Å². The maximum Gasteiger partial charge on any atom is 0.0282 e. The molecule has 0 aromatic heterocycles. The standard InChI is InChI=1S/C18H26N2/c19-20-18(11-15-10-12-5-6-14(15)9-12)17-8-7-13-3-1-2-4-16(13)17/h1-4,12,14-15,17-18,20H,5-11,19H2. The van der Waals surface area contributed by atoms with Gasteiger partial charge in [0.05, 0.1) is 0 Å². The van der Waals surface area contributed by atoms with Gasteiger partial charge in [-0.3, -0.25) is 11.3 Å². The van der Waals surface area contributed by atoms with Gasteiger partial charge in [-0.15, -0.1) is 0 Å². The predicted octanol–water partition coefficient (Wildman–Crippen LogP) is 3.37. The summed E-state index contributed by atoms with van der Waals surface area (Å²) in [4.78, 5) is 0. The summed E-state index contributed by atoms with van der Waals surface area (Å²) in [6.45, 7) is 0. The summed E-state index contributed by atoms with van der Waals surface area (Å²) < 4.78 is 0.